The summed E-state index contributed by atoms with van der Waals surface area (Å²) in [5, 5.41) is 13.5. The van der Waals surface area contributed by atoms with Crippen molar-refractivity contribution in [2.75, 3.05) is 18.4 Å². The zero-order chi connectivity index (χ0) is 15.4. The molecule has 4 nitrogen and oxygen atoms in total. The van der Waals surface area contributed by atoms with Gasteiger partial charge in [0, 0.05) is 25.2 Å². The van der Waals surface area contributed by atoms with Crippen LogP contribution in [0.2, 0.25) is 10.0 Å². The third-order valence-electron chi connectivity index (χ3n) is 3.54. The average Bonchev–Trinajstić information content (AvgIpc) is 2.43. The summed E-state index contributed by atoms with van der Waals surface area (Å²) in [4.78, 5) is 12.8. The first-order valence-corrected chi connectivity index (χ1v) is 7.85. The fraction of sp³-hybridized carbons (Fsp3) is 0.429. The molecule has 0 spiro atoms. The summed E-state index contributed by atoms with van der Waals surface area (Å²) in [5.41, 5.74) is 0.794. The van der Waals surface area contributed by atoms with Crippen molar-refractivity contribution in [2.24, 2.45) is 5.92 Å². The van der Waals surface area contributed by atoms with Crippen molar-refractivity contribution >= 4 is 52.2 Å². The summed E-state index contributed by atoms with van der Waals surface area (Å²) in [5.74, 6) is -0.489. The highest BCUT2D eigenvalue weighted by Gasteiger charge is 2.22. The third-order valence-corrected chi connectivity index (χ3v) is 4.64. The summed E-state index contributed by atoms with van der Waals surface area (Å²) < 4.78 is 0. The monoisotopic (exact) mass is 346 g/mol. The molecule has 0 aliphatic carbocycles. The number of carbonyl (C=O) groups is 1. The molecule has 1 fully saturated rings. The molecule has 1 aromatic carbocycles. The Morgan fingerprint density at radius 3 is 2.57 bits per heavy atom. The summed E-state index contributed by atoms with van der Waals surface area (Å²) in [6, 6.07) is 5.26. The number of anilines is 1. The molecule has 1 aliphatic rings. The SMILES string of the molecule is O=C(O)CC1CCN(C(=S)Nc2ccc(Cl)c(Cl)c2)CC1. The van der Waals surface area contributed by atoms with Crippen LogP contribution in [0.5, 0.6) is 0 Å². The van der Waals surface area contributed by atoms with E-state index in [1.165, 1.54) is 0 Å². The van der Waals surface area contributed by atoms with Gasteiger partial charge in [0.2, 0.25) is 0 Å². The largest absolute Gasteiger partial charge is 0.481 e. The van der Waals surface area contributed by atoms with Crippen molar-refractivity contribution in [1.29, 1.82) is 0 Å². The Morgan fingerprint density at radius 1 is 1.33 bits per heavy atom. The molecule has 0 bridgehead atoms. The number of thiocarbonyl (C=S) groups is 1. The Labute approximate surface area is 139 Å². The van der Waals surface area contributed by atoms with Crippen molar-refractivity contribution in [3.63, 3.8) is 0 Å². The molecule has 1 aliphatic heterocycles. The molecular weight excluding hydrogens is 331 g/mol. The lowest BCUT2D eigenvalue weighted by Crippen LogP contribution is -2.41. The summed E-state index contributed by atoms with van der Waals surface area (Å²) in [7, 11) is 0. The van der Waals surface area contributed by atoms with E-state index in [1.54, 1.807) is 12.1 Å². The Hall–Kier alpha value is -1.04. The number of hydrogen-bond acceptors (Lipinski definition) is 2. The number of aliphatic carboxylic acids is 1. The van der Waals surface area contributed by atoms with Gasteiger partial charge in [-0.25, -0.2) is 0 Å². The quantitative estimate of drug-likeness (QED) is 0.813. The van der Waals surface area contributed by atoms with Crippen LogP contribution >= 0.6 is 35.4 Å². The molecule has 7 heteroatoms. The molecule has 2 N–H and O–H groups in total. The average molecular weight is 347 g/mol. The molecule has 1 heterocycles. The maximum absolute atomic E-state index is 10.7. The molecule has 0 radical (unpaired) electrons. The molecule has 0 saturated carbocycles. The minimum absolute atomic E-state index is 0.237. The first-order valence-electron chi connectivity index (χ1n) is 6.68. The second-order valence-electron chi connectivity index (χ2n) is 5.09. The number of halogens is 2. The normalized spacial score (nSPS) is 15.8. The molecule has 114 valence electrons. The molecule has 0 aromatic heterocycles. The highest BCUT2D eigenvalue weighted by atomic mass is 35.5. The highest BCUT2D eigenvalue weighted by Crippen LogP contribution is 2.26. The van der Waals surface area contributed by atoms with Crippen LogP contribution in [0.25, 0.3) is 0 Å². The first kappa shape index (κ1) is 16.3. The van der Waals surface area contributed by atoms with E-state index in [4.69, 9.17) is 40.5 Å². The number of hydrogen-bond donors (Lipinski definition) is 2. The predicted molar refractivity (Wildman–Crippen MR) is 89.2 cm³/mol. The summed E-state index contributed by atoms with van der Waals surface area (Å²) >= 11 is 17.2. The Morgan fingerprint density at radius 2 is 2.00 bits per heavy atom. The third kappa shape index (κ3) is 4.73. The minimum Gasteiger partial charge on any atom is -0.481 e. The molecular formula is C14H16Cl2N2O2S. The zero-order valence-electron chi connectivity index (χ0n) is 11.3. The number of carboxylic acids is 1. The van der Waals surface area contributed by atoms with Crippen LogP contribution in [-0.4, -0.2) is 34.2 Å². The lowest BCUT2D eigenvalue weighted by atomic mass is 9.94. The van der Waals surface area contributed by atoms with Gasteiger partial charge in [-0.2, -0.15) is 0 Å². The van der Waals surface area contributed by atoms with Gasteiger partial charge >= 0.3 is 5.97 Å². The number of nitrogens with one attached hydrogen (secondary N) is 1. The molecule has 0 amide bonds. The maximum atomic E-state index is 10.7. The highest BCUT2D eigenvalue weighted by molar-refractivity contribution is 7.80. The van der Waals surface area contributed by atoms with Crippen LogP contribution in [-0.2, 0) is 4.79 Å². The second kappa shape index (κ2) is 7.29. The molecule has 0 unspecified atom stereocenters. The first-order chi connectivity index (χ1) is 9.95. The van der Waals surface area contributed by atoms with Crippen LogP contribution in [0.4, 0.5) is 5.69 Å². The summed E-state index contributed by atoms with van der Waals surface area (Å²) in [6.45, 7) is 1.54. The fourth-order valence-electron chi connectivity index (χ4n) is 2.36. The Balaban J connectivity index is 1.87. The van der Waals surface area contributed by atoms with Crippen molar-refractivity contribution in [1.82, 2.24) is 4.90 Å². The van der Waals surface area contributed by atoms with Gasteiger partial charge in [0.15, 0.2) is 5.11 Å². The predicted octanol–water partition coefficient (Wildman–Crippen LogP) is 3.88. The van der Waals surface area contributed by atoms with Crippen LogP contribution in [0.15, 0.2) is 18.2 Å². The number of likely N-dealkylation sites (tertiary alicyclic amines) is 1. The van der Waals surface area contributed by atoms with Crippen molar-refractivity contribution < 1.29 is 9.90 Å². The fourth-order valence-corrected chi connectivity index (χ4v) is 2.96. The van der Waals surface area contributed by atoms with Crippen LogP contribution in [0.3, 0.4) is 0 Å². The maximum Gasteiger partial charge on any atom is 0.303 e. The van der Waals surface area contributed by atoms with Crippen LogP contribution in [0, 0.1) is 5.92 Å². The van der Waals surface area contributed by atoms with E-state index in [9.17, 15) is 4.79 Å². The van der Waals surface area contributed by atoms with Crippen LogP contribution < -0.4 is 5.32 Å². The van der Waals surface area contributed by atoms with E-state index in [0.29, 0.717) is 15.2 Å². The van der Waals surface area contributed by atoms with Gasteiger partial charge in [-0.05, 0) is 49.2 Å². The van der Waals surface area contributed by atoms with E-state index in [2.05, 4.69) is 10.2 Å². The number of piperidine rings is 1. The van der Waals surface area contributed by atoms with Gasteiger partial charge in [-0.3, -0.25) is 4.79 Å². The van der Waals surface area contributed by atoms with Gasteiger partial charge < -0.3 is 15.3 Å². The van der Waals surface area contributed by atoms with Gasteiger partial charge in [-0.1, -0.05) is 23.2 Å². The molecule has 21 heavy (non-hydrogen) atoms. The van der Waals surface area contributed by atoms with E-state index < -0.39 is 5.97 Å². The van der Waals surface area contributed by atoms with E-state index in [0.717, 1.165) is 31.6 Å². The second-order valence-corrected chi connectivity index (χ2v) is 6.29. The van der Waals surface area contributed by atoms with Gasteiger partial charge in [0.25, 0.3) is 0 Å². The van der Waals surface area contributed by atoms with Crippen molar-refractivity contribution in [3.05, 3.63) is 28.2 Å². The smallest absolute Gasteiger partial charge is 0.303 e. The summed E-state index contributed by atoms with van der Waals surface area (Å²) in [6.07, 6.45) is 1.92. The van der Waals surface area contributed by atoms with Crippen molar-refractivity contribution in [3.8, 4) is 0 Å². The zero-order valence-corrected chi connectivity index (χ0v) is 13.6. The Bertz CT molecular complexity index is 546. The van der Waals surface area contributed by atoms with Gasteiger partial charge in [0.05, 0.1) is 10.0 Å². The number of benzene rings is 1. The minimum atomic E-state index is -0.732. The lowest BCUT2D eigenvalue weighted by Gasteiger charge is -2.33. The number of rotatable bonds is 3. The number of carboxylic acid groups (broad SMARTS) is 1. The topological polar surface area (TPSA) is 52.6 Å². The van der Waals surface area contributed by atoms with E-state index >= 15 is 0 Å². The molecule has 1 aromatic rings. The lowest BCUT2D eigenvalue weighted by molar-refractivity contribution is -0.138. The van der Waals surface area contributed by atoms with Crippen molar-refractivity contribution in [2.45, 2.75) is 19.3 Å². The molecule has 1 saturated heterocycles. The molecule has 0 atom stereocenters. The van der Waals surface area contributed by atoms with Gasteiger partial charge in [-0.15, -0.1) is 0 Å². The van der Waals surface area contributed by atoms with E-state index in [-0.39, 0.29) is 12.3 Å². The van der Waals surface area contributed by atoms with Crippen LogP contribution in [0.1, 0.15) is 19.3 Å². The molecule has 2 rings (SSSR count). The Kier molecular flexibility index (Phi) is 5.67. The van der Waals surface area contributed by atoms with Gasteiger partial charge in [0.1, 0.15) is 0 Å². The van der Waals surface area contributed by atoms with E-state index in [1.807, 2.05) is 6.07 Å². The number of nitrogens with zero attached hydrogens (tertiary/aromatic N) is 1. The standard InChI is InChI=1S/C14H16Cl2N2O2S/c15-11-2-1-10(8-12(11)16)17-14(21)18-5-3-9(4-6-18)7-13(19)20/h1-2,8-9H,3-7H2,(H,17,21)(H,19,20).